The summed E-state index contributed by atoms with van der Waals surface area (Å²) in [7, 11) is -3.19. The summed E-state index contributed by atoms with van der Waals surface area (Å²) in [6.07, 6.45) is 2.04. The molecule has 0 bridgehead atoms. The minimum atomic E-state index is -3.19. The van der Waals surface area contributed by atoms with Gasteiger partial charge in [-0.3, -0.25) is 4.31 Å². The molecule has 0 radical (unpaired) electrons. The summed E-state index contributed by atoms with van der Waals surface area (Å²) >= 11 is 0. The lowest BCUT2D eigenvalue weighted by Crippen LogP contribution is -2.37. The van der Waals surface area contributed by atoms with E-state index in [1.54, 1.807) is 6.07 Å². The summed E-state index contributed by atoms with van der Waals surface area (Å²) in [5.41, 5.74) is 2.46. The fraction of sp³-hybridized carbons (Fsp3) is 0.467. The van der Waals surface area contributed by atoms with E-state index in [1.807, 2.05) is 19.1 Å². The second-order valence-corrected chi connectivity index (χ2v) is 6.94. The van der Waals surface area contributed by atoms with Gasteiger partial charge in [-0.15, -0.1) is 0 Å². The second-order valence-electron chi connectivity index (χ2n) is 4.93. The predicted molar refractivity (Wildman–Crippen MR) is 80.1 cm³/mol. The maximum atomic E-state index is 12.1. The molecule has 1 saturated heterocycles. The van der Waals surface area contributed by atoms with E-state index in [2.05, 4.69) is 11.8 Å². The molecule has 0 spiro atoms. The Labute approximate surface area is 120 Å². The Bertz CT molecular complexity index is 641. The maximum Gasteiger partial charge on any atom is 0.235 e. The molecular formula is C15H19NO3S. The van der Waals surface area contributed by atoms with E-state index in [4.69, 9.17) is 5.11 Å². The molecule has 0 atom stereocenters. The molecule has 1 aromatic rings. The van der Waals surface area contributed by atoms with Gasteiger partial charge in [0.1, 0.15) is 0 Å². The Morgan fingerprint density at radius 2 is 2.10 bits per heavy atom. The summed E-state index contributed by atoms with van der Waals surface area (Å²) in [4.78, 5) is 0. The molecule has 2 rings (SSSR count). The van der Waals surface area contributed by atoms with Crippen molar-refractivity contribution in [1.82, 2.24) is 0 Å². The normalized spacial score (nSPS) is 17.4. The Balaban J connectivity index is 2.35. The number of rotatable bonds is 2. The number of hydrogen-bond donors (Lipinski definition) is 1. The molecule has 1 aliphatic rings. The van der Waals surface area contributed by atoms with Crippen molar-refractivity contribution in [2.24, 2.45) is 0 Å². The highest BCUT2D eigenvalue weighted by Gasteiger charge is 2.26. The molecule has 1 N–H and O–H groups in total. The van der Waals surface area contributed by atoms with E-state index in [0.29, 0.717) is 18.7 Å². The molecule has 108 valence electrons. The van der Waals surface area contributed by atoms with E-state index in [1.165, 1.54) is 4.31 Å². The van der Waals surface area contributed by atoms with Gasteiger partial charge in [0.25, 0.3) is 0 Å². The molecule has 1 fully saturated rings. The van der Waals surface area contributed by atoms with Crippen molar-refractivity contribution in [3.05, 3.63) is 29.3 Å². The number of nitrogens with zero attached hydrogens (tertiary/aromatic N) is 1. The van der Waals surface area contributed by atoms with Crippen LogP contribution in [-0.4, -0.2) is 32.4 Å². The third kappa shape index (κ3) is 3.53. The van der Waals surface area contributed by atoms with Crippen LogP contribution in [0.4, 0.5) is 5.69 Å². The number of sulfonamides is 1. The molecular weight excluding hydrogens is 274 g/mol. The molecule has 0 unspecified atom stereocenters. The highest BCUT2D eigenvalue weighted by Crippen LogP contribution is 2.25. The summed E-state index contributed by atoms with van der Waals surface area (Å²) in [6.45, 7) is 2.50. The zero-order valence-corrected chi connectivity index (χ0v) is 12.4. The fourth-order valence-electron chi connectivity index (χ4n) is 2.28. The van der Waals surface area contributed by atoms with Gasteiger partial charge in [-0.2, -0.15) is 0 Å². The van der Waals surface area contributed by atoms with Gasteiger partial charge in [0.2, 0.25) is 10.0 Å². The van der Waals surface area contributed by atoms with Crippen LogP contribution in [-0.2, 0) is 10.0 Å². The number of benzene rings is 1. The smallest absolute Gasteiger partial charge is 0.235 e. The minimum Gasteiger partial charge on any atom is -0.395 e. The molecule has 1 heterocycles. The van der Waals surface area contributed by atoms with Gasteiger partial charge in [0, 0.05) is 18.5 Å². The molecule has 5 heteroatoms. The SMILES string of the molecule is Cc1cc(C#CCCO)cc(N2CCCCS2(=O)=O)c1. The standard InChI is InChI=1S/C15H19NO3S/c1-13-10-14(6-2-4-8-17)12-15(11-13)16-7-3-5-9-20(16,18)19/h10-12,17H,3-5,7-9H2,1H3. The number of anilines is 1. The number of aliphatic hydroxyl groups excluding tert-OH is 1. The van der Waals surface area contributed by atoms with Crippen molar-refractivity contribution in [2.75, 3.05) is 23.2 Å². The van der Waals surface area contributed by atoms with E-state index in [9.17, 15) is 8.42 Å². The number of hydrogen-bond acceptors (Lipinski definition) is 3. The van der Waals surface area contributed by atoms with Crippen LogP contribution in [0, 0.1) is 18.8 Å². The van der Waals surface area contributed by atoms with Crippen LogP contribution >= 0.6 is 0 Å². The minimum absolute atomic E-state index is 0.0339. The zero-order valence-electron chi connectivity index (χ0n) is 11.6. The van der Waals surface area contributed by atoms with Gasteiger partial charge >= 0.3 is 0 Å². The van der Waals surface area contributed by atoms with Crippen molar-refractivity contribution in [1.29, 1.82) is 0 Å². The lowest BCUT2D eigenvalue weighted by molar-refractivity contribution is 0.305. The van der Waals surface area contributed by atoms with Gasteiger partial charge in [0.15, 0.2) is 0 Å². The van der Waals surface area contributed by atoms with Crippen LogP contribution in [0.15, 0.2) is 18.2 Å². The van der Waals surface area contributed by atoms with Gasteiger partial charge in [-0.05, 0) is 43.5 Å². The molecule has 0 aliphatic carbocycles. The fourth-order valence-corrected chi connectivity index (χ4v) is 3.90. The van der Waals surface area contributed by atoms with Gasteiger partial charge < -0.3 is 5.11 Å². The van der Waals surface area contributed by atoms with Crippen LogP contribution < -0.4 is 4.31 Å². The molecule has 4 nitrogen and oxygen atoms in total. The van der Waals surface area contributed by atoms with Crippen LogP contribution in [0.3, 0.4) is 0 Å². The molecule has 0 amide bonds. The first-order valence-corrected chi connectivity index (χ1v) is 8.36. The molecule has 20 heavy (non-hydrogen) atoms. The van der Waals surface area contributed by atoms with Crippen molar-refractivity contribution in [3.8, 4) is 11.8 Å². The van der Waals surface area contributed by atoms with E-state index in [-0.39, 0.29) is 12.4 Å². The van der Waals surface area contributed by atoms with Gasteiger partial charge in [0.05, 0.1) is 18.0 Å². The first-order valence-electron chi connectivity index (χ1n) is 6.75. The number of aryl methyl sites for hydroxylation is 1. The van der Waals surface area contributed by atoms with Crippen LogP contribution in [0.2, 0.25) is 0 Å². The van der Waals surface area contributed by atoms with Crippen LogP contribution in [0.25, 0.3) is 0 Å². The Morgan fingerprint density at radius 3 is 2.80 bits per heavy atom. The highest BCUT2D eigenvalue weighted by molar-refractivity contribution is 7.92. The quantitative estimate of drug-likeness (QED) is 0.844. The van der Waals surface area contributed by atoms with Crippen molar-refractivity contribution in [2.45, 2.75) is 26.2 Å². The molecule has 1 aromatic carbocycles. The van der Waals surface area contributed by atoms with Crippen LogP contribution in [0.5, 0.6) is 0 Å². The molecule has 0 saturated carbocycles. The summed E-state index contributed by atoms with van der Waals surface area (Å²) in [5, 5.41) is 8.74. The lowest BCUT2D eigenvalue weighted by atomic mass is 10.1. The van der Waals surface area contributed by atoms with E-state index < -0.39 is 10.0 Å². The Morgan fingerprint density at radius 1 is 1.30 bits per heavy atom. The van der Waals surface area contributed by atoms with Crippen molar-refractivity contribution >= 4 is 15.7 Å². The monoisotopic (exact) mass is 293 g/mol. The maximum absolute atomic E-state index is 12.1. The predicted octanol–water partition coefficient (Wildman–Crippen LogP) is 1.66. The highest BCUT2D eigenvalue weighted by atomic mass is 32.2. The van der Waals surface area contributed by atoms with Gasteiger partial charge in [-0.25, -0.2) is 8.42 Å². The topological polar surface area (TPSA) is 57.6 Å². The summed E-state index contributed by atoms with van der Waals surface area (Å²) in [5.74, 6) is 6.04. The second kappa shape index (κ2) is 6.29. The van der Waals surface area contributed by atoms with Crippen LogP contribution in [0.1, 0.15) is 30.4 Å². The Hall–Kier alpha value is -1.51. The third-order valence-corrected chi connectivity index (χ3v) is 5.04. The average Bonchev–Trinajstić information content (AvgIpc) is 2.38. The van der Waals surface area contributed by atoms with Crippen molar-refractivity contribution in [3.63, 3.8) is 0 Å². The first kappa shape index (κ1) is 14.9. The zero-order chi connectivity index (χ0) is 14.6. The molecule has 0 aromatic heterocycles. The first-order chi connectivity index (χ1) is 9.53. The third-order valence-electron chi connectivity index (χ3n) is 3.17. The summed E-state index contributed by atoms with van der Waals surface area (Å²) in [6, 6.07) is 5.60. The van der Waals surface area contributed by atoms with E-state index in [0.717, 1.165) is 24.0 Å². The molecule has 1 aliphatic heterocycles. The average molecular weight is 293 g/mol. The largest absolute Gasteiger partial charge is 0.395 e. The summed E-state index contributed by atoms with van der Waals surface area (Å²) < 4.78 is 25.7. The lowest BCUT2D eigenvalue weighted by Gasteiger charge is -2.28. The van der Waals surface area contributed by atoms with E-state index >= 15 is 0 Å². The van der Waals surface area contributed by atoms with Crippen molar-refractivity contribution < 1.29 is 13.5 Å². The Kier molecular flexibility index (Phi) is 4.69. The number of aliphatic hydroxyl groups is 1. The van der Waals surface area contributed by atoms with Gasteiger partial charge in [-0.1, -0.05) is 11.8 Å².